The van der Waals surface area contributed by atoms with E-state index in [-0.39, 0.29) is 23.2 Å². The lowest BCUT2D eigenvalue weighted by molar-refractivity contribution is 0.147. The summed E-state index contributed by atoms with van der Waals surface area (Å²) in [5.41, 5.74) is 0.967. The molecule has 1 saturated heterocycles. The zero-order valence-electron chi connectivity index (χ0n) is 15.9. The minimum absolute atomic E-state index is 0.00672. The number of hydrogen-bond acceptors (Lipinski definition) is 4. The predicted molar refractivity (Wildman–Crippen MR) is 101 cm³/mol. The Labute approximate surface area is 154 Å². The molecule has 0 saturated carbocycles. The number of hydrogen-bond donors (Lipinski definition) is 3. The van der Waals surface area contributed by atoms with Crippen molar-refractivity contribution >= 4 is 6.03 Å². The van der Waals surface area contributed by atoms with Crippen molar-refractivity contribution in [2.75, 3.05) is 0 Å². The molecule has 0 unspecified atom stereocenters. The van der Waals surface area contributed by atoms with Gasteiger partial charge in [-0.05, 0) is 52.2 Å². The number of amides is 2. The van der Waals surface area contributed by atoms with Crippen molar-refractivity contribution in [1.29, 1.82) is 0 Å². The average molecular weight is 356 g/mol. The Kier molecular flexibility index (Phi) is 5.00. The Morgan fingerprint density at radius 3 is 2.58 bits per heavy atom. The van der Waals surface area contributed by atoms with Gasteiger partial charge in [0.1, 0.15) is 12.1 Å². The molecule has 3 N–H and O–H groups in total. The van der Waals surface area contributed by atoms with Gasteiger partial charge in [-0.2, -0.15) is 0 Å². The van der Waals surface area contributed by atoms with Crippen molar-refractivity contribution < 1.29 is 4.79 Å². The summed E-state index contributed by atoms with van der Waals surface area (Å²) in [7, 11) is 0. The van der Waals surface area contributed by atoms with Crippen LogP contribution in [0.15, 0.2) is 37.1 Å². The zero-order chi connectivity index (χ0) is 18.8. The molecule has 2 aromatic heterocycles. The first-order valence-corrected chi connectivity index (χ1v) is 8.99. The molecular formula is C19H28N6O. The highest BCUT2D eigenvalue weighted by Crippen LogP contribution is 2.28. The van der Waals surface area contributed by atoms with Crippen LogP contribution >= 0.6 is 0 Å². The maximum atomic E-state index is 12.3. The Hall–Kier alpha value is -2.41. The fraction of sp³-hybridized carbons (Fsp3) is 0.526. The molecule has 2 amide bonds. The zero-order valence-corrected chi connectivity index (χ0v) is 15.9. The number of rotatable bonds is 4. The van der Waals surface area contributed by atoms with Crippen LogP contribution in [-0.4, -0.2) is 37.7 Å². The third kappa shape index (κ3) is 4.82. The highest BCUT2D eigenvalue weighted by Gasteiger charge is 2.38. The number of nitrogens with zero attached hydrogens (tertiary/aromatic N) is 3. The van der Waals surface area contributed by atoms with E-state index in [0.29, 0.717) is 6.54 Å². The van der Waals surface area contributed by atoms with Crippen molar-refractivity contribution in [3.05, 3.63) is 42.6 Å². The van der Waals surface area contributed by atoms with Crippen LogP contribution in [0, 0.1) is 0 Å². The molecule has 7 heteroatoms. The average Bonchev–Trinajstić information content (AvgIpc) is 3.04. The lowest BCUT2D eigenvalue weighted by Gasteiger charge is -2.46. The Balaban J connectivity index is 1.51. The standard InChI is InChI=1S/C19H28N6O/c1-18(2)9-15(10-19(3,4)24-18)23-17(26)22-12-14-5-6-16(21-11-14)25-8-7-20-13-25/h5-8,11,13,15,24H,9-10,12H2,1-4H3,(H2,22,23,26). The van der Waals surface area contributed by atoms with Crippen LogP contribution in [0.3, 0.4) is 0 Å². The number of carbonyl (C=O) groups excluding carboxylic acids is 1. The minimum atomic E-state index is -0.137. The van der Waals surface area contributed by atoms with Crippen LogP contribution in [-0.2, 0) is 6.54 Å². The number of nitrogens with one attached hydrogen (secondary N) is 3. The second kappa shape index (κ2) is 7.07. The fourth-order valence-corrected chi connectivity index (χ4v) is 3.91. The van der Waals surface area contributed by atoms with E-state index in [1.165, 1.54) is 0 Å². The van der Waals surface area contributed by atoms with Crippen molar-refractivity contribution in [3.63, 3.8) is 0 Å². The van der Waals surface area contributed by atoms with Crippen LogP contribution in [0.1, 0.15) is 46.1 Å². The van der Waals surface area contributed by atoms with Crippen molar-refractivity contribution in [2.45, 2.75) is 64.2 Å². The van der Waals surface area contributed by atoms with Crippen molar-refractivity contribution in [1.82, 2.24) is 30.5 Å². The molecule has 1 aliphatic rings. The first-order valence-electron chi connectivity index (χ1n) is 8.99. The fourth-order valence-electron chi connectivity index (χ4n) is 3.91. The van der Waals surface area contributed by atoms with Gasteiger partial charge in [-0.15, -0.1) is 0 Å². The lowest BCUT2D eigenvalue weighted by atomic mass is 9.80. The second-order valence-corrected chi connectivity index (χ2v) is 8.32. The first-order chi connectivity index (χ1) is 12.2. The van der Waals surface area contributed by atoms with E-state index >= 15 is 0 Å². The maximum absolute atomic E-state index is 12.3. The highest BCUT2D eigenvalue weighted by atomic mass is 16.2. The molecule has 0 spiro atoms. The minimum Gasteiger partial charge on any atom is -0.335 e. The van der Waals surface area contributed by atoms with Crippen LogP contribution in [0.2, 0.25) is 0 Å². The molecule has 0 atom stereocenters. The predicted octanol–water partition coefficient (Wildman–Crippen LogP) is 2.38. The van der Waals surface area contributed by atoms with Gasteiger partial charge in [-0.3, -0.25) is 4.57 Å². The van der Waals surface area contributed by atoms with Crippen LogP contribution in [0.4, 0.5) is 4.79 Å². The number of piperidine rings is 1. The van der Waals surface area contributed by atoms with E-state index in [9.17, 15) is 4.79 Å². The van der Waals surface area contributed by atoms with Gasteiger partial charge >= 0.3 is 6.03 Å². The largest absolute Gasteiger partial charge is 0.335 e. The number of urea groups is 1. The highest BCUT2D eigenvalue weighted by molar-refractivity contribution is 5.74. The SMILES string of the molecule is CC1(C)CC(NC(=O)NCc2ccc(-n3ccnc3)nc2)CC(C)(C)N1. The van der Waals surface area contributed by atoms with Gasteiger partial charge in [-0.25, -0.2) is 14.8 Å². The molecule has 1 fully saturated rings. The third-order valence-corrected chi connectivity index (χ3v) is 4.56. The quantitative estimate of drug-likeness (QED) is 0.785. The van der Waals surface area contributed by atoms with Gasteiger partial charge in [0.25, 0.3) is 0 Å². The summed E-state index contributed by atoms with van der Waals surface area (Å²) in [6, 6.07) is 3.89. The van der Waals surface area contributed by atoms with Gasteiger partial charge in [0, 0.05) is 42.3 Å². The molecule has 7 nitrogen and oxygen atoms in total. The molecule has 3 heterocycles. The summed E-state index contributed by atoms with van der Waals surface area (Å²) in [5, 5.41) is 9.66. The van der Waals surface area contributed by atoms with Gasteiger partial charge in [0.05, 0.1) is 0 Å². The maximum Gasteiger partial charge on any atom is 0.315 e. The molecule has 0 bridgehead atoms. The molecule has 140 valence electrons. The topological polar surface area (TPSA) is 83.9 Å². The van der Waals surface area contributed by atoms with Gasteiger partial charge < -0.3 is 16.0 Å². The van der Waals surface area contributed by atoms with Crippen molar-refractivity contribution in [2.24, 2.45) is 0 Å². The molecule has 3 rings (SSSR count). The summed E-state index contributed by atoms with van der Waals surface area (Å²) in [4.78, 5) is 20.7. The van der Waals surface area contributed by atoms with E-state index in [2.05, 4.69) is 53.6 Å². The van der Waals surface area contributed by atoms with Crippen molar-refractivity contribution in [3.8, 4) is 5.82 Å². The molecule has 26 heavy (non-hydrogen) atoms. The van der Waals surface area contributed by atoms with E-state index in [0.717, 1.165) is 24.2 Å². The number of aromatic nitrogens is 3. The molecule has 0 aliphatic carbocycles. The van der Waals surface area contributed by atoms with E-state index in [1.807, 2.05) is 22.9 Å². The Morgan fingerprint density at radius 2 is 2.00 bits per heavy atom. The molecule has 2 aromatic rings. The molecule has 1 aliphatic heterocycles. The first kappa shape index (κ1) is 18.4. The summed E-state index contributed by atoms with van der Waals surface area (Å²) in [5.74, 6) is 0.801. The summed E-state index contributed by atoms with van der Waals surface area (Å²) < 4.78 is 1.84. The van der Waals surface area contributed by atoms with E-state index in [1.54, 1.807) is 18.7 Å². The third-order valence-electron chi connectivity index (χ3n) is 4.56. The Bertz CT molecular complexity index is 720. The van der Waals surface area contributed by atoms with Gasteiger partial charge in [-0.1, -0.05) is 6.07 Å². The number of pyridine rings is 1. The van der Waals surface area contributed by atoms with Gasteiger partial charge in [0.2, 0.25) is 0 Å². The molecule has 0 radical (unpaired) electrons. The van der Waals surface area contributed by atoms with Crippen LogP contribution in [0.5, 0.6) is 0 Å². The smallest absolute Gasteiger partial charge is 0.315 e. The second-order valence-electron chi connectivity index (χ2n) is 8.32. The number of imidazole rings is 1. The van der Waals surface area contributed by atoms with E-state index < -0.39 is 0 Å². The van der Waals surface area contributed by atoms with Gasteiger partial charge in [0.15, 0.2) is 0 Å². The monoisotopic (exact) mass is 356 g/mol. The summed E-state index contributed by atoms with van der Waals surface area (Å²) in [6.45, 7) is 9.14. The number of carbonyl (C=O) groups is 1. The normalized spacial score (nSPS) is 19.1. The van der Waals surface area contributed by atoms with Crippen LogP contribution < -0.4 is 16.0 Å². The Morgan fingerprint density at radius 1 is 1.27 bits per heavy atom. The lowest BCUT2D eigenvalue weighted by Crippen LogP contribution is -2.62. The summed E-state index contributed by atoms with van der Waals surface area (Å²) in [6.07, 6.45) is 8.85. The summed E-state index contributed by atoms with van der Waals surface area (Å²) >= 11 is 0. The molecular weight excluding hydrogens is 328 g/mol. The van der Waals surface area contributed by atoms with E-state index in [4.69, 9.17) is 0 Å². The molecule has 0 aromatic carbocycles. The van der Waals surface area contributed by atoms with Crippen LogP contribution in [0.25, 0.3) is 5.82 Å².